The van der Waals surface area contributed by atoms with E-state index in [0.717, 1.165) is 11.1 Å². The summed E-state index contributed by atoms with van der Waals surface area (Å²) in [4.78, 5) is 17.5. The maximum atomic E-state index is 13.2. The third kappa shape index (κ3) is 4.61. The number of carbonyl (C=O) groups excluding carboxylic acids is 1. The number of anilines is 2. The molecule has 1 amide bonds. The summed E-state index contributed by atoms with van der Waals surface area (Å²) in [5, 5.41) is 2.78. The Hall–Kier alpha value is -4.04. The van der Waals surface area contributed by atoms with Crippen molar-refractivity contribution in [2.75, 3.05) is 11.1 Å². The molecule has 6 nitrogen and oxygen atoms in total. The lowest BCUT2D eigenvalue weighted by atomic mass is 10.0. The quantitative estimate of drug-likeness (QED) is 0.342. The SMILES string of the molecule is Cc1ncccc1S(=N)(=O)c1ccc(C(=O)Nc2cc(-c3ccc(F)cc3)ccc2N)cc1. The minimum atomic E-state index is -3.26. The molecule has 33 heavy (non-hydrogen) atoms. The second kappa shape index (κ2) is 8.84. The van der Waals surface area contributed by atoms with Crippen molar-refractivity contribution in [3.8, 4) is 11.1 Å². The number of carbonyl (C=O) groups is 1. The number of hydrogen-bond acceptors (Lipinski definition) is 5. The molecule has 0 aliphatic heterocycles. The maximum Gasteiger partial charge on any atom is 0.255 e. The standard InChI is InChI=1S/C25H21FN4O2S/c1-16-24(3-2-14-29-16)33(28,32)21-11-6-18(7-12-21)25(31)30-23-15-19(8-13-22(23)27)17-4-9-20(26)10-5-17/h2-15,28H,27H2,1H3,(H,30,31). The molecule has 166 valence electrons. The summed E-state index contributed by atoms with van der Waals surface area (Å²) in [5.74, 6) is -0.736. The third-order valence-electron chi connectivity index (χ3n) is 5.20. The van der Waals surface area contributed by atoms with Crippen molar-refractivity contribution in [3.05, 3.63) is 102 Å². The molecule has 8 heteroatoms. The summed E-state index contributed by atoms with van der Waals surface area (Å²) in [7, 11) is -3.26. The van der Waals surface area contributed by atoms with Gasteiger partial charge >= 0.3 is 0 Å². The highest BCUT2D eigenvalue weighted by atomic mass is 32.2. The summed E-state index contributed by atoms with van der Waals surface area (Å²) in [6, 6.07) is 20.5. The average Bonchev–Trinajstić information content (AvgIpc) is 2.81. The van der Waals surface area contributed by atoms with Crippen LogP contribution in [0.25, 0.3) is 11.1 Å². The van der Waals surface area contributed by atoms with Crippen molar-refractivity contribution >= 4 is 27.0 Å². The number of nitrogen functional groups attached to an aromatic ring is 1. The molecule has 0 bridgehead atoms. The molecule has 0 aliphatic rings. The van der Waals surface area contributed by atoms with Gasteiger partial charge in [-0.25, -0.2) is 13.4 Å². The molecule has 0 spiro atoms. The number of nitrogens with zero attached hydrogens (tertiary/aromatic N) is 1. The number of halogens is 1. The molecule has 1 unspecified atom stereocenters. The summed E-state index contributed by atoms with van der Waals surface area (Å²) < 4.78 is 34.7. The molecular weight excluding hydrogens is 439 g/mol. The number of rotatable bonds is 5. The lowest BCUT2D eigenvalue weighted by molar-refractivity contribution is 0.102. The monoisotopic (exact) mass is 460 g/mol. The summed E-state index contributed by atoms with van der Waals surface area (Å²) in [5.41, 5.74) is 9.24. The van der Waals surface area contributed by atoms with Gasteiger partial charge in [0.05, 0.1) is 26.9 Å². The number of nitrogens with two attached hydrogens (primary N) is 1. The number of aromatic nitrogens is 1. The highest BCUT2D eigenvalue weighted by Gasteiger charge is 2.17. The summed E-state index contributed by atoms with van der Waals surface area (Å²) >= 11 is 0. The fourth-order valence-electron chi connectivity index (χ4n) is 3.38. The number of amides is 1. The van der Waals surface area contributed by atoms with Gasteiger partial charge in [-0.05, 0) is 78.7 Å². The Morgan fingerprint density at radius 3 is 2.33 bits per heavy atom. The fraction of sp³-hybridized carbons (Fsp3) is 0.0400. The van der Waals surface area contributed by atoms with Crippen LogP contribution in [0.5, 0.6) is 0 Å². The van der Waals surface area contributed by atoms with E-state index >= 15 is 0 Å². The van der Waals surface area contributed by atoms with Crippen LogP contribution in [0, 0.1) is 17.5 Å². The van der Waals surface area contributed by atoms with Crippen LogP contribution in [0.1, 0.15) is 16.1 Å². The largest absolute Gasteiger partial charge is 0.397 e. The fourth-order valence-corrected chi connectivity index (χ4v) is 4.89. The van der Waals surface area contributed by atoms with Gasteiger partial charge in [0.1, 0.15) is 15.5 Å². The molecule has 0 radical (unpaired) electrons. The van der Waals surface area contributed by atoms with Gasteiger partial charge < -0.3 is 11.1 Å². The Labute approximate surface area is 191 Å². The molecule has 0 aliphatic carbocycles. The molecule has 0 fully saturated rings. The van der Waals surface area contributed by atoms with Gasteiger partial charge in [-0.2, -0.15) is 0 Å². The first-order chi connectivity index (χ1) is 15.8. The molecule has 4 N–H and O–H groups in total. The first-order valence-electron chi connectivity index (χ1n) is 10.0. The number of nitrogens with one attached hydrogen (secondary N) is 2. The minimum absolute atomic E-state index is 0.285. The smallest absolute Gasteiger partial charge is 0.255 e. The zero-order valence-corrected chi connectivity index (χ0v) is 18.5. The van der Waals surface area contributed by atoms with E-state index < -0.39 is 15.6 Å². The van der Waals surface area contributed by atoms with Gasteiger partial charge in [0.25, 0.3) is 5.91 Å². The number of benzene rings is 3. The Bertz CT molecular complexity index is 1430. The van der Waals surface area contributed by atoms with Crippen molar-refractivity contribution in [1.82, 2.24) is 4.98 Å². The van der Waals surface area contributed by atoms with Crippen LogP contribution in [0.4, 0.5) is 15.8 Å². The van der Waals surface area contributed by atoms with Crippen molar-refractivity contribution in [2.24, 2.45) is 0 Å². The predicted octanol–water partition coefficient (Wildman–Crippen LogP) is 5.50. The zero-order chi connectivity index (χ0) is 23.6. The Kier molecular flexibility index (Phi) is 5.93. The lowest BCUT2D eigenvalue weighted by Crippen LogP contribution is -2.13. The van der Waals surface area contributed by atoms with E-state index in [9.17, 15) is 13.4 Å². The van der Waals surface area contributed by atoms with Crippen molar-refractivity contribution in [1.29, 1.82) is 4.78 Å². The van der Waals surface area contributed by atoms with E-state index in [-0.39, 0.29) is 10.7 Å². The molecule has 1 atom stereocenters. The van der Waals surface area contributed by atoms with Gasteiger partial charge in [-0.15, -0.1) is 0 Å². The highest BCUT2D eigenvalue weighted by Crippen LogP contribution is 2.28. The molecule has 4 rings (SSSR count). The van der Waals surface area contributed by atoms with Crippen LogP contribution in [0.15, 0.2) is 94.9 Å². The van der Waals surface area contributed by atoms with Gasteiger partial charge in [-0.1, -0.05) is 18.2 Å². The summed E-state index contributed by atoms with van der Waals surface area (Å²) in [6.45, 7) is 1.70. The van der Waals surface area contributed by atoms with Crippen LogP contribution in [-0.2, 0) is 9.73 Å². The maximum absolute atomic E-state index is 13.2. The molecule has 0 saturated carbocycles. The first kappa shape index (κ1) is 22.2. The third-order valence-corrected chi connectivity index (χ3v) is 7.18. The molecule has 4 aromatic rings. The van der Waals surface area contributed by atoms with Crippen LogP contribution >= 0.6 is 0 Å². The Morgan fingerprint density at radius 2 is 1.67 bits per heavy atom. The van der Waals surface area contributed by atoms with E-state index in [1.54, 1.807) is 55.6 Å². The van der Waals surface area contributed by atoms with E-state index in [1.807, 2.05) is 0 Å². The van der Waals surface area contributed by atoms with Gasteiger partial charge in [0.2, 0.25) is 0 Å². The average molecular weight is 461 g/mol. The molecular formula is C25H21FN4O2S. The van der Waals surface area contributed by atoms with Crippen LogP contribution < -0.4 is 11.1 Å². The zero-order valence-electron chi connectivity index (χ0n) is 17.7. The lowest BCUT2D eigenvalue weighted by Gasteiger charge is -2.12. The van der Waals surface area contributed by atoms with E-state index in [2.05, 4.69) is 10.3 Å². The summed E-state index contributed by atoms with van der Waals surface area (Å²) in [6.07, 6.45) is 1.58. The predicted molar refractivity (Wildman–Crippen MR) is 127 cm³/mol. The Morgan fingerprint density at radius 1 is 1.00 bits per heavy atom. The Balaban J connectivity index is 1.57. The normalized spacial score (nSPS) is 12.7. The highest BCUT2D eigenvalue weighted by molar-refractivity contribution is 7.92. The van der Waals surface area contributed by atoms with Crippen LogP contribution in [0.3, 0.4) is 0 Å². The van der Waals surface area contributed by atoms with Crippen molar-refractivity contribution < 1.29 is 13.4 Å². The minimum Gasteiger partial charge on any atom is -0.397 e. The second-order valence-corrected chi connectivity index (χ2v) is 9.45. The molecule has 3 aromatic carbocycles. The van der Waals surface area contributed by atoms with Crippen molar-refractivity contribution in [2.45, 2.75) is 16.7 Å². The van der Waals surface area contributed by atoms with Crippen molar-refractivity contribution in [3.63, 3.8) is 0 Å². The molecule has 0 saturated heterocycles. The number of pyridine rings is 1. The topological polar surface area (TPSA) is 109 Å². The van der Waals surface area contributed by atoms with E-state index in [1.165, 1.54) is 36.4 Å². The van der Waals surface area contributed by atoms with E-state index in [4.69, 9.17) is 10.5 Å². The van der Waals surface area contributed by atoms with Gasteiger partial charge in [0.15, 0.2) is 0 Å². The van der Waals surface area contributed by atoms with Crippen LogP contribution in [0.2, 0.25) is 0 Å². The number of aryl methyl sites for hydroxylation is 1. The molecule has 1 aromatic heterocycles. The first-order valence-corrected chi connectivity index (χ1v) is 11.6. The van der Waals surface area contributed by atoms with Gasteiger partial charge in [-0.3, -0.25) is 9.78 Å². The van der Waals surface area contributed by atoms with E-state index in [0.29, 0.717) is 27.5 Å². The van der Waals surface area contributed by atoms with Gasteiger partial charge in [0, 0.05) is 11.8 Å². The second-order valence-electron chi connectivity index (χ2n) is 7.43. The number of hydrogen-bond donors (Lipinski definition) is 3. The molecule has 1 heterocycles. The van der Waals surface area contributed by atoms with Crippen LogP contribution in [-0.4, -0.2) is 15.1 Å².